The van der Waals surface area contributed by atoms with Crippen molar-refractivity contribution in [2.75, 3.05) is 26.2 Å². The van der Waals surface area contributed by atoms with Gasteiger partial charge in [0.05, 0.1) is 22.6 Å². The molecule has 1 aliphatic rings. The highest BCUT2D eigenvalue weighted by molar-refractivity contribution is 7.89. The second-order valence-electron chi connectivity index (χ2n) is 7.79. The zero-order valence-electron chi connectivity index (χ0n) is 17.5. The zero-order chi connectivity index (χ0) is 22.2. The van der Waals surface area contributed by atoms with E-state index in [9.17, 15) is 13.2 Å². The molecule has 0 radical (unpaired) electrons. The average Bonchev–Trinajstić information content (AvgIpc) is 3.13. The fourth-order valence-electron chi connectivity index (χ4n) is 4.15. The molecule has 4 rings (SSSR count). The standard InChI is InChI=1S/C23H24N4O3S/c1-16-22(20-5-3-4-6-21(20)25-16)23(28)17(2)26-11-13-27(14-12-26)31(29,30)19-9-7-18(15-24)8-10-19/h3-10,17,25H,11-14H2,1-2H3. The molecule has 0 saturated carbocycles. The Morgan fingerprint density at radius 1 is 1.06 bits per heavy atom. The molecular formula is C23H24N4O3S. The van der Waals surface area contributed by atoms with E-state index in [0.29, 0.717) is 37.3 Å². The third-order valence-electron chi connectivity index (χ3n) is 5.96. The summed E-state index contributed by atoms with van der Waals surface area (Å²) >= 11 is 0. The van der Waals surface area contributed by atoms with Gasteiger partial charge in [-0.3, -0.25) is 9.69 Å². The molecule has 1 aromatic heterocycles. The lowest BCUT2D eigenvalue weighted by molar-refractivity contribution is 0.0783. The number of ketones is 1. The maximum absolute atomic E-state index is 13.3. The van der Waals surface area contributed by atoms with E-state index in [2.05, 4.69) is 4.98 Å². The number of rotatable bonds is 5. The SMILES string of the molecule is Cc1[nH]c2ccccc2c1C(=O)C(C)N1CCN(S(=O)(=O)c2ccc(C#N)cc2)CC1. The molecule has 0 spiro atoms. The van der Waals surface area contributed by atoms with Crippen LogP contribution in [0.1, 0.15) is 28.5 Å². The van der Waals surface area contributed by atoms with Crippen molar-refractivity contribution in [2.24, 2.45) is 0 Å². The van der Waals surface area contributed by atoms with Gasteiger partial charge in [0.15, 0.2) is 5.78 Å². The van der Waals surface area contributed by atoms with Crippen LogP contribution in [0.2, 0.25) is 0 Å². The summed E-state index contributed by atoms with van der Waals surface area (Å²) in [6.45, 7) is 5.36. The highest BCUT2D eigenvalue weighted by Gasteiger charge is 2.33. The lowest BCUT2D eigenvalue weighted by Crippen LogP contribution is -2.53. The third kappa shape index (κ3) is 3.88. The number of nitrogens with zero attached hydrogens (tertiary/aromatic N) is 3. The van der Waals surface area contributed by atoms with Crippen molar-refractivity contribution < 1.29 is 13.2 Å². The summed E-state index contributed by atoms with van der Waals surface area (Å²) in [5.41, 5.74) is 2.91. The van der Waals surface area contributed by atoms with Gasteiger partial charge < -0.3 is 4.98 Å². The molecule has 1 fully saturated rings. The summed E-state index contributed by atoms with van der Waals surface area (Å²) in [5.74, 6) is 0.0401. The molecule has 0 bridgehead atoms. The molecule has 2 aromatic carbocycles. The zero-order valence-corrected chi connectivity index (χ0v) is 18.3. The highest BCUT2D eigenvalue weighted by atomic mass is 32.2. The normalized spacial score (nSPS) is 16.8. The Hall–Kier alpha value is -2.99. The Bertz CT molecular complexity index is 1260. The number of hydrogen-bond donors (Lipinski definition) is 1. The molecule has 1 unspecified atom stereocenters. The van der Waals surface area contributed by atoms with E-state index in [4.69, 9.17) is 5.26 Å². The van der Waals surface area contributed by atoms with Crippen molar-refractivity contribution in [1.29, 1.82) is 5.26 Å². The minimum atomic E-state index is -3.63. The van der Waals surface area contributed by atoms with Crippen LogP contribution in [0.4, 0.5) is 0 Å². The molecule has 2 heterocycles. The van der Waals surface area contributed by atoms with E-state index in [0.717, 1.165) is 16.6 Å². The Morgan fingerprint density at radius 3 is 2.35 bits per heavy atom. The molecule has 1 N–H and O–H groups in total. The van der Waals surface area contributed by atoms with Crippen molar-refractivity contribution in [2.45, 2.75) is 24.8 Å². The summed E-state index contributed by atoms with van der Waals surface area (Å²) in [7, 11) is -3.63. The van der Waals surface area contributed by atoms with Gasteiger partial charge in [0.1, 0.15) is 0 Å². The van der Waals surface area contributed by atoms with Crippen LogP contribution in [0.25, 0.3) is 10.9 Å². The van der Waals surface area contributed by atoms with Crippen LogP contribution < -0.4 is 0 Å². The van der Waals surface area contributed by atoms with Crippen molar-refractivity contribution in [1.82, 2.24) is 14.2 Å². The number of H-pyrrole nitrogens is 1. The summed E-state index contributed by atoms with van der Waals surface area (Å²) < 4.78 is 27.3. The van der Waals surface area contributed by atoms with Crippen molar-refractivity contribution in [3.8, 4) is 6.07 Å². The van der Waals surface area contributed by atoms with Gasteiger partial charge in [0.25, 0.3) is 0 Å². The van der Waals surface area contributed by atoms with E-state index in [1.165, 1.54) is 28.6 Å². The molecule has 7 nitrogen and oxygen atoms in total. The van der Waals surface area contributed by atoms with Gasteiger partial charge in [0.2, 0.25) is 10.0 Å². The van der Waals surface area contributed by atoms with Gasteiger partial charge >= 0.3 is 0 Å². The number of nitrogens with one attached hydrogen (secondary N) is 1. The average molecular weight is 437 g/mol. The molecule has 160 valence electrons. The summed E-state index contributed by atoms with van der Waals surface area (Å²) in [5, 5.41) is 9.82. The van der Waals surface area contributed by atoms with Crippen LogP contribution in [0.5, 0.6) is 0 Å². The summed E-state index contributed by atoms with van der Waals surface area (Å²) in [6.07, 6.45) is 0. The predicted octanol–water partition coefficient (Wildman–Crippen LogP) is 2.93. The number of sulfonamides is 1. The molecular weight excluding hydrogens is 412 g/mol. The fraction of sp³-hybridized carbons (Fsp3) is 0.304. The topological polar surface area (TPSA) is 97.3 Å². The number of carbonyl (C=O) groups is 1. The molecule has 1 atom stereocenters. The maximum Gasteiger partial charge on any atom is 0.243 e. The first-order valence-corrected chi connectivity index (χ1v) is 11.6. The number of fused-ring (bicyclic) bond motifs is 1. The van der Waals surface area contributed by atoms with E-state index in [1.54, 1.807) is 0 Å². The number of aromatic nitrogens is 1. The first kappa shape index (κ1) is 21.2. The molecule has 1 saturated heterocycles. The molecule has 3 aromatic rings. The number of Topliss-reactive ketones (excluding diaryl/α,β-unsaturated/α-hetero) is 1. The van der Waals surface area contributed by atoms with Gasteiger partial charge in [-0.2, -0.15) is 9.57 Å². The second-order valence-corrected chi connectivity index (χ2v) is 9.72. The first-order valence-electron chi connectivity index (χ1n) is 10.2. The number of nitriles is 1. The third-order valence-corrected chi connectivity index (χ3v) is 7.87. The van der Waals surface area contributed by atoms with Gasteiger partial charge in [-0.1, -0.05) is 18.2 Å². The number of carbonyl (C=O) groups excluding carboxylic acids is 1. The van der Waals surface area contributed by atoms with Crippen molar-refractivity contribution >= 4 is 26.7 Å². The number of hydrogen-bond acceptors (Lipinski definition) is 5. The number of aromatic amines is 1. The smallest absolute Gasteiger partial charge is 0.243 e. The van der Waals surface area contributed by atoms with Crippen LogP contribution in [-0.2, 0) is 10.0 Å². The Balaban J connectivity index is 1.47. The number of piperazine rings is 1. The van der Waals surface area contributed by atoms with Crippen LogP contribution in [0.3, 0.4) is 0 Å². The largest absolute Gasteiger partial charge is 0.358 e. The molecule has 0 aliphatic carbocycles. The van der Waals surface area contributed by atoms with Gasteiger partial charge in [-0.05, 0) is 44.2 Å². The van der Waals surface area contributed by atoms with E-state index < -0.39 is 10.0 Å². The molecule has 0 amide bonds. The molecule has 31 heavy (non-hydrogen) atoms. The first-order chi connectivity index (χ1) is 14.8. The lowest BCUT2D eigenvalue weighted by atomic mass is 10.0. The predicted molar refractivity (Wildman–Crippen MR) is 118 cm³/mol. The van der Waals surface area contributed by atoms with E-state index in [1.807, 2.05) is 49.1 Å². The lowest BCUT2D eigenvalue weighted by Gasteiger charge is -2.36. The Labute approximate surface area is 181 Å². The van der Waals surface area contributed by atoms with E-state index in [-0.39, 0.29) is 16.7 Å². The Kier molecular flexibility index (Phi) is 5.67. The van der Waals surface area contributed by atoms with E-state index >= 15 is 0 Å². The van der Waals surface area contributed by atoms with Crippen LogP contribution in [0.15, 0.2) is 53.4 Å². The van der Waals surface area contributed by atoms with Gasteiger partial charge in [-0.15, -0.1) is 0 Å². The van der Waals surface area contributed by atoms with Crippen LogP contribution in [0, 0.1) is 18.3 Å². The molecule has 8 heteroatoms. The number of aryl methyl sites for hydroxylation is 1. The van der Waals surface area contributed by atoms with Crippen LogP contribution >= 0.6 is 0 Å². The molecule has 1 aliphatic heterocycles. The monoisotopic (exact) mass is 436 g/mol. The summed E-state index contributed by atoms with van der Waals surface area (Å²) in [4.78, 5) is 18.8. The van der Waals surface area contributed by atoms with Gasteiger partial charge in [-0.25, -0.2) is 8.42 Å². The fourth-order valence-corrected chi connectivity index (χ4v) is 5.57. The second kappa shape index (κ2) is 8.27. The van der Waals surface area contributed by atoms with Gasteiger partial charge in [0, 0.05) is 48.3 Å². The Morgan fingerprint density at radius 2 is 1.71 bits per heavy atom. The quantitative estimate of drug-likeness (QED) is 0.620. The minimum Gasteiger partial charge on any atom is -0.358 e. The number of benzene rings is 2. The maximum atomic E-state index is 13.3. The summed E-state index contributed by atoms with van der Waals surface area (Å²) in [6, 6.07) is 15.3. The van der Waals surface area contributed by atoms with Crippen molar-refractivity contribution in [3.05, 3.63) is 65.4 Å². The number of para-hydroxylation sites is 1. The minimum absolute atomic E-state index is 0.0401. The van der Waals surface area contributed by atoms with Crippen molar-refractivity contribution in [3.63, 3.8) is 0 Å². The highest BCUT2D eigenvalue weighted by Crippen LogP contribution is 2.25. The van der Waals surface area contributed by atoms with Crippen LogP contribution in [-0.4, -0.2) is 60.6 Å².